The van der Waals surface area contributed by atoms with Crippen LogP contribution in [0.5, 0.6) is 23.1 Å². The predicted octanol–water partition coefficient (Wildman–Crippen LogP) is 4.88. The Hall–Kier alpha value is -4.39. The lowest BCUT2D eigenvalue weighted by Gasteiger charge is -2.12. The fourth-order valence-electron chi connectivity index (χ4n) is 3.28. The van der Waals surface area contributed by atoms with Gasteiger partial charge in [-0.25, -0.2) is 9.97 Å². The normalized spacial score (nSPS) is 10.4. The minimum absolute atomic E-state index is 0.212. The monoisotopic (exact) mass is 441 g/mol. The van der Waals surface area contributed by atoms with E-state index >= 15 is 0 Å². The predicted molar refractivity (Wildman–Crippen MR) is 125 cm³/mol. The van der Waals surface area contributed by atoms with Crippen molar-refractivity contribution in [2.45, 2.75) is 6.54 Å². The van der Waals surface area contributed by atoms with Crippen LogP contribution in [-0.4, -0.2) is 30.1 Å². The van der Waals surface area contributed by atoms with Crippen LogP contribution in [0.3, 0.4) is 0 Å². The number of nitrogens with one attached hydrogen (secondary N) is 1. The van der Waals surface area contributed by atoms with E-state index in [0.29, 0.717) is 40.9 Å². The smallest absolute Gasteiger partial charge is 0.251 e. The first-order chi connectivity index (χ1) is 16.2. The molecule has 0 bridgehead atoms. The summed E-state index contributed by atoms with van der Waals surface area (Å²) in [4.78, 5) is 21.3. The number of benzene rings is 3. The van der Waals surface area contributed by atoms with Gasteiger partial charge in [-0.05, 0) is 42.5 Å². The molecule has 33 heavy (non-hydrogen) atoms. The average Bonchev–Trinajstić information content (AvgIpc) is 2.88. The molecule has 0 radical (unpaired) electrons. The maximum Gasteiger partial charge on any atom is 0.251 e. The quantitative estimate of drug-likeness (QED) is 0.420. The van der Waals surface area contributed by atoms with E-state index in [1.54, 1.807) is 32.4 Å². The molecule has 3 aromatic carbocycles. The fourth-order valence-corrected chi connectivity index (χ4v) is 3.28. The summed E-state index contributed by atoms with van der Waals surface area (Å²) in [6.45, 7) is 0.298. The van der Waals surface area contributed by atoms with Crippen molar-refractivity contribution in [3.8, 4) is 34.4 Å². The molecule has 4 aromatic rings. The Kier molecular flexibility index (Phi) is 6.80. The molecular formula is C26H23N3O4. The number of hydrogen-bond acceptors (Lipinski definition) is 6. The van der Waals surface area contributed by atoms with E-state index in [4.69, 9.17) is 14.2 Å². The van der Waals surface area contributed by atoms with Crippen LogP contribution in [0.4, 0.5) is 0 Å². The SMILES string of the molecule is COc1ccc(OC)c(CNC(=O)c2cccc(-c3cc(Oc4ccccc4)ncn3)c2)c1. The lowest BCUT2D eigenvalue weighted by Crippen LogP contribution is -2.23. The van der Waals surface area contributed by atoms with Crippen LogP contribution in [0.1, 0.15) is 15.9 Å². The Morgan fingerprint density at radius 3 is 2.48 bits per heavy atom. The minimum Gasteiger partial charge on any atom is -0.497 e. The van der Waals surface area contributed by atoms with Crippen molar-refractivity contribution in [2.24, 2.45) is 0 Å². The van der Waals surface area contributed by atoms with Crippen molar-refractivity contribution in [2.75, 3.05) is 14.2 Å². The molecule has 1 N–H and O–H groups in total. The van der Waals surface area contributed by atoms with E-state index in [1.165, 1.54) is 6.33 Å². The highest BCUT2D eigenvalue weighted by atomic mass is 16.5. The third-order valence-electron chi connectivity index (χ3n) is 4.96. The van der Waals surface area contributed by atoms with Crippen molar-refractivity contribution in [3.05, 3.63) is 96.3 Å². The van der Waals surface area contributed by atoms with Gasteiger partial charge in [-0.1, -0.05) is 30.3 Å². The molecule has 7 heteroatoms. The van der Waals surface area contributed by atoms with Gasteiger partial charge in [0.05, 0.1) is 19.9 Å². The number of carbonyl (C=O) groups is 1. The third-order valence-corrected chi connectivity index (χ3v) is 4.96. The number of hydrogen-bond donors (Lipinski definition) is 1. The number of carbonyl (C=O) groups excluding carboxylic acids is 1. The Labute approximate surface area is 192 Å². The van der Waals surface area contributed by atoms with Crippen LogP contribution < -0.4 is 19.5 Å². The summed E-state index contributed by atoms with van der Waals surface area (Å²) < 4.78 is 16.4. The van der Waals surface area contributed by atoms with Gasteiger partial charge in [0.25, 0.3) is 5.91 Å². The molecule has 1 heterocycles. The van der Waals surface area contributed by atoms with Gasteiger partial charge in [-0.15, -0.1) is 0 Å². The molecule has 0 aliphatic rings. The van der Waals surface area contributed by atoms with E-state index < -0.39 is 0 Å². The molecule has 0 atom stereocenters. The topological polar surface area (TPSA) is 82.6 Å². The van der Waals surface area contributed by atoms with Gasteiger partial charge in [0.15, 0.2) is 0 Å². The zero-order valence-electron chi connectivity index (χ0n) is 18.3. The Morgan fingerprint density at radius 2 is 1.70 bits per heavy atom. The summed E-state index contributed by atoms with van der Waals surface area (Å²) >= 11 is 0. The van der Waals surface area contributed by atoms with E-state index in [0.717, 1.165) is 11.1 Å². The number of nitrogens with zero attached hydrogens (tertiary/aromatic N) is 2. The lowest BCUT2D eigenvalue weighted by atomic mass is 10.1. The number of aromatic nitrogens is 2. The maximum atomic E-state index is 12.8. The summed E-state index contributed by atoms with van der Waals surface area (Å²) in [7, 11) is 3.19. The number of methoxy groups -OCH3 is 2. The Morgan fingerprint density at radius 1 is 0.848 bits per heavy atom. The molecule has 0 aliphatic carbocycles. The van der Waals surface area contributed by atoms with E-state index in [-0.39, 0.29) is 5.91 Å². The molecule has 0 saturated heterocycles. The largest absolute Gasteiger partial charge is 0.497 e. The molecule has 0 saturated carbocycles. The average molecular weight is 441 g/mol. The summed E-state index contributed by atoms with van der Waals surface area (Å²) in [6.07, 6.45) is 1.44. The molecule has 0 spiro atoms. The second-order valence-corrected chi connectivity index (χ2v) is 7.10. The number of para-hydroxylation sites is 1. The lowest BCUT2D eigenvalue weighted by molar-refractivity contribution is 0.0950. The second-order valence-electron chi connectivity index (χ2n) is 7.10. The fraction of sp³-hybridized carbons (Fsp3) is 0.115. The van der Waals surface area contributed by atoms with Gasteiger partial charge in [0, 0.05) is 29.3 Å². The summed E-state index contributed by atoms with van der Waals surface area (Å²) in [6, 6.07) is 23.8. The molecule has 1 amide bonds. The highest BCUT2D eigenvalue weighted by Crippen LogP contribution is 2.25. The summed E-state index contributed by atoms with van der Waals surface area (Å²) in [5.74, 6) is 2.27. The van der Waals surface area contributed by atoms with Gasteiger partial charge in [-0.2, -0.15) is 0 Å². The molecule has 0 aliphatic heterocycles. The molecule has 166 valence electrons. The van der Waals surface area contributed by atoms with Gasteiger partial charge in [0.2, 0.25) is 5.88 Å². The first-order valence-electron chi connectivity index (χ1n) is 10.3. The highest BCUT2D eigenvalue weighted by molar-refractivity contribution is 5.95. The molecule has 7 nitrogen and oxygen atoms in total. The first-order valence-corrected chi connectivity index (χ1v) is 10.3. The van der Waals surface area contributed by atoms with E-state index in [2.05, 4.69) is 15.3 Å². The standard InChI is InChI=1S/C26H23N3O4/c1-31-22-11-12-24(32-2)20(14-22)16-27-26(30)19-8-6-7-18(13-19)23-15-25(29-17-28-23)33-21-9-4-3-5-10-21/h3-15,17H,16H2,1-2H3,(H,27,30). The van der Waals surface area contributed by atoms with Crippen LogP contribution >= 0.6 is 0 Å². The van der Waals surface area contributed by atoms with E-state index in [1.807, 2.05) is 60.7 Å². The van der Waals surface area contributed by atoms with Gasteiger partial charge in [0.1, 0.15) is 23.6 Å². The highest BCUT2D eigenvalue weighted by Gasteiger charge is 2.11. The molecule has 0 unspecified atom stereocenters. The van der Waals surface area contributed by atoms with Gasteiger partial charge < -0.3 is 19.5 Å². The van der Waals surface area contributed by atoms with Crippen LogP contribution in [0.25, 0.3) is 11.3 Å². The zero-order valence-corrected chi connectivity index (χ0v) is 18.3. The van der Waals surface area contributed by atoms with Crippen molar-refractivity contribution < 1.29 is 19.0 Å². The van der Waals surface area contributed by atoms with Crippen LogP contribution in [0.15, 0.2) is 85.2 Å². The number of rotatable bonds is 8. The van der Waals surface area contributed by atoms with Crippen molar-refractivity contribution in [1.82, 2.24) is 15.3 Å². The van der Waals surface area contributed by atoms with Gasteiger partial charge in [-0.3, -0.25) is 4.79 Å². The molecule has 1 aromatic heterocycles. The number of ether oxygens (including phenoxy) is 3. The first kappa shape index (κ1) is 21.8. The Bertz CT molecular complexity index is 1250. The van der Waals surface area contributed by atoms with Crippen LogP contribution in [-0.2, 0) is 6.54 Å². The van der Waals surface area contributed by atoms with Gasteiger partial charge >= 0.3 is 0 Å². The second kappa shape index (κ2) is 10.3. The summed E-state index contributed by atoms with van der Waals surface area (Å²) in [5, 5.41) is 2.93. The zero-order chi connectivity index (χ0) is 23.0. The third kappa shape index (κ3) is 5.46. The molecule has 0 fully saturated rings. The summed E-state index contributed by atoms with van der Waals surface area (Å²) in [5.41, 5.74) is 2.76. The van der Waals surface area contributed by atoms with Crippen LogP contribution in [0.2, 0.25) is 0 Å². The van der Waals surface area contributed by atoms with Crippen molar-refractivity contribution >= 4 is 5.91 Å². The van der Waals surface area contributed by atoms with Crippen molar-refractivity contribution in [3.63, 3.8) is 0 Å². The Balaban J connectivity index is 1.49. The molecular weight excluding hydrogens is 418 g/mol. The van der Waals surface area contributed by atoms with Crippen molar-refractivity contribution in [1.29, 1.82) is 0 Å². The minimum atomic E-state index is -0.212. The van der Waals surface area contributed by atoms with Crippen LogP contribution in [0, 0.1) is 0 Å². The maximum absolute atomic E-state index is 12.8. The molecule has 4 rings (SSSR count). The number of amides is 1. The van der Waals surface area contributed by atoms with E-state index in [9.17, 15) is 4.79 Å².